The summed E-state index contributed by atoms with van der Waals surface area (Å²) in [5, 5.41) is 2.65. The molecule has 10 heteroatoms. The predicted molar refractivity (Wildman–Crippen MR) is 138 cm³/mol. The Bertz CT molecular complexity index is 1130. The Morgan fingerprint density at radius 1 is 1.14 bits per heavy atom. The van der Waals surface area contributed by atoms with Gasteiger partial charge in [0.15, 0.2) is 16.7 Å². The summed E-state index contributed by atoms with van der Waals surface area (Å²) < 4.78 is 22.2. The van der Waals surface area contributed by atoms with Crippen molar-refractivity contribution in [3.8, 4) is 11.5 Å². The van der Waals surface area contributed by atoms with E-state index >= 15 is 0 Å². The van der Waals surface area contributed by atoms with Gasteiger partial charge < -0.3 is 28.7 Å². The van der Waals surface area contributed by atoms with Gasteiger partial charge in [0.2, 0.25) is 5.91 Å². The zero-order chi connectivity index (χ0) is 26.0. The van der Waals surface area contributed by atoms with Gasteiger partial charge in [0.1, 0.15) is 5.60 Å². The fraction of sp³-hybridized carbons (Fsp3) is 0.500. The third-order valence-corrected chi connectivity index (χ3v) is 6.93. The molecule has 0 bridgehead atoms. The number of amides is 1. The number of benzene rings is 1. The minimum Gasteiger partial charge on any atom is -0.493 e. The van der Waals surface area contributed by atoms with E-state index in [1.807, 2.05) is 61.1 Å². The second-order valence-corrected chi connectivity index (χ2v) is 10.5. The van der Waals surface area contributed by atoms with Crippen molar-refractivity contribution in [1.29, 1.82) is 0 Å². The summed E-state index contributed by atoms with van der Waals surface area (Å²) in [4.78, 5) is 35.2. The number of ether oxygens (including phenoxy) is 4. The molecule has 1 atom stereocenters. The first kappa shape index (κ1) is 26.1. The highest BCUT2D eigenvalue weighted by atomic mass is 32.2. The lowest BCUT2D eigenvalue weighted by atomic mass is 9.93. The van der Waals surface area contributed by atoms with Gasteiger partial charge in [-0.2, -0.15) is 0 Å². The summed E-state index contributed by atoms with van der Waals surface area (Å²) in [6.07, 6.45) is 0.191. The molecule has 1 saturated heterocycles. The third kappa shape index (κ3) is 5.39. The molecule has 3 aliphatic heterocycles. The quantitative estimate of drug-likeness (QED) is 0.528. The first-order valence-electron chi connectivity index (χ1n) is 11.9. The van der Waals surface area contributed by atoms with Gasteiger partial charge in [-0.05, 0) is 50.8 Å². The van der Waals surface area contributed by atoms with Crippen molar-refractivity contribution in [2.75, 3.05) is 40.5 Å². The first-order chi connectivity index (χ1) is 17.1. The number of carbonyl (C=O) groups is 2. The molecule has 194 valence electrons. The van der Waals surface area contributed by atoms with E-state index < -0.39 is 17.6 Å². The van der Waals surface area contributed by atoms with Crippen molar-refractivity contribution in [1.82, 2.24) is 9.80 Å². The van der Waals surface area contributed by atoms with E-state index in [1.165, 1.54) is 11.8 Å². The van der Waals surface area contributed by atoms with Crippen LogP contribution in [0.2, 0.25) is 0 Å². The van der Waals surface area contributed by atoms with Crippen molar-refractivity contribution in [2.24, 2.45) is 4.99 Å². The van der Waals surface area contributed by atoms with E-state index in [0.29, 0.717) is 54.2 Å². The van der Waals surface area contributed by atoms with Crippen LogP contribution >= 0.6 is 11.8 Å². The molecule has 1 aromatic rings. The standard InChI is InChI=1S/C26H33N3O6S/c1-16-22(24(31)35-26(2,3)4)23(17-7-8-19(32-5)20(13-17)33-6)29-18(15-36-25(29)27-16)14-21(30)28-9-11-34-12-10-28/h7-8,13,15,23H,9-12,14H2,1-6H3/t23-/m1/s1. The largest absolute Gasteiger partial charge is 0.493 e. The van der Waals surface area contributed by atoms with Crippen LogP contribution in [0.4, 0.5) is 0 Å². The van der Waals surface area contributed by atoms with E-state index in [2.05, 4.69) is 0 Å². The Kier molecular flexibility index (Phi) is 7.65. The van der Waals surface area contributed by atoms with Crippen molar-refractivity contribution in [3.05, 3.63) is 46.1 Å². The van der Waals surface area contributed by atoms with Crippen LogP contribution in [0.1, 0.15) is 45.7 Å². The van der Waals surface area contributed by atoms with E-state index in [4.69, 9.17) is 23.9 Å². The average molecular weight is 516 g/mol. The maximum absolute atomic E-state index is 13.5. The Labute approximate surface area is 216 Å². The SMILES string of the molecule is COc1ccc([C@@H]2C(C(=O)OC(C)(C)C)=C(C)N=C3SC=C(CC(=O)N4CCOCC4)N32)cc1OC. The molecular formula is C26H33N3O6S. The summed E-state index contributed by atoms with van der Waals surface area (Å²) in [5.41, 5.74) is 1.91. The van der Waals surface area contributed by atoms with Gasteiger partial charge in [0, 0.05) is 18.8 Å². The second-order valence-electron chi connectivity index (χ2n) is 9.68. The molecule has 1 amide bonds. The fourth-order valence-corrected chi connectivity index (χ4v) is 5.35. The van der Waals surface area contributed by atoms with Gasteiger partial charge in [-0.25, -0.2) is 9.79 Å². The summed E-state index contributed by atoms with van der Waals surface area (Å²) in [7, 11) is 3.15. The minimum absolute atomic E-state index is 0.0163. The number of thioether (sulfide) groups is 1. The number of hydrogen-bond donors (Lipinski definition) is 0. The molecule has 36 heavy (non-hydrogen) atoms. The van der Waals surface area contributed by atoms with Crippen LogP contribution in [0.5, 0.6) is 11.5 Å². The fourth-order valence-electron chi connectivity index (χ4n) is 4.38. The Morgan fingerprint density at radius 3 is 2.47 bits per heavy atom. The number of amidine groups is 1. The van der Waals surface area contributed by atoms with E-state index in [9.17, 15) is 9.59 Å². The zero-order valence-corrected chi connectivity index (χ0v) is 22.4. The highest BCUT2D eigenvalue weighted by molar-refractivity contribution is 8.16. The molecule has 0 saturated carbocycles. The zero-order valence-electron chi connectivity index (χ0n) is 21.6. The van der Waals surface area contributed by atoms with E-state index in [1.54, 1.807) is 14.2 Å². The molecule has 9 nitrogen and oxygen atoms in total. The highest BCUT2D eigenvalue weighted by Gasteiger charge is 2.42. The number of allylic oxidation sites excluding steroid dienone is 1. The molecule has 0 unspecified atom stereocenters. The molecule has 0 N–H and O–H groups in total. The van der Waals surface area contributed by atoms with Crippen molar-refractivity contribution in [3.63, 3.8) is 0 Å². The van der Waals surface area contributed by atoms with Crippen molar-refractivity contribution >= 4 is 28.8 Å². The number of morpholine rings is 1. The third-order valence-electron chi connectivity index (χ3n) is 6.04. The van der Waals surface area contributed by atoms with Gasteiger partial charge in [-0.1, -0.05) is 17.8 Å². The lowest BCUT2D eigenvalue weighted by Gasteiger charge is -2.37. The lowest BCUT2D eigenvalue weighted by Crippen LogP contribution is -2.42. The molecule has 0 aromatic heterocycles. The summed E-state index contributed by atoms with van der Waals surface area (Å²) in [5.74, 6) is 0.697. The normalized spacial score (nSPS) is 20.0. The second kappa shape index (κ2) is 10.6. The van der Waals surface area contributed by atoms with Crippen molar-refractivity contribution in [2.45, 2.75) is 45.8 Å². The molecule has 0 spiro atoms. The van der Waals surface area contributed by atoms with E-state index in [0.717, 1.165) is 11.3 Å². The maximum Gasteiger partial charge on any atom is 0.338 e. The molecule has 0 radical (unpaired) electrons. The number of hydrogen-bond acceptors (Lipinski definition) is 9. The average Bonchev–Trinajstić information content (AvgIpc) is 3.23. The Balaban J connectivity index is 1.75. The topological polar surface area (TPSA) is 89.9 Å². The molecule has 1 fully saturated rings. The van der Waals surface area contributed by atoms with Crippen LogP contribution in [0, 0.1) is 0 Å². The van der Waals surface area contributed by atoms with Crippen LogP contribution in [0.25, 0.3) is 0 Å². The molecule has 3 heterocycles. The number of carbonyl (C=O) groups excluding carboxylic acids is 2. The van der Waals surface area contributed by atoms with Crippen LogP contribution in [0.3, 0.4) is 0 Å². The van der Waals surface area contributed by atoms with Gasteiger partial charge in [0.25, 0.3) is 0 Å². The van der Waals surface area contributed by atoms with Gasteiger partial charge in [0.05, 0.1) is 51.2 Å². The van der Waals surface area contributed by atoms with Gasteiger partial charge in [-0.3, -0.25) is 4.79 Å². The monoisotopic (exact) mass is 515 g/mol. The number of fused-ring (bicyclic) bond motifs is 1. The minimum atomic E-state index is -0.679. The maximum atomic E-state index is 13.5. The van der Waals surface area contributed by atoms with Gasteiger partial charge >= 0.3 is 5.97 Å². The summed E-state index contributed by atoms with van der Waals surface area (Å²) in [6.45, 7) is 9.53. The summed E-state index contributed by atoms with van der Waals surface area (Å²) >= 11 is 1.45. The Morgan fingerprint density at radius 2 is 1.83 bits per heavy atom. The van der Waals surface area contributed by atoms with Crippen LogP contribution in [0.15, 0.2) is 45.6 Å². The first-order valence-corrected chi connectivity index (χ1v) is 12.8. The number of aliphatic imine (C=N–C) groups is 1. The molecular weight excluding hydrogens is 482 g/mol. The molecule has 4 rings (SSSR count). The lowest BCUT2D eigenvalue weighted by molar-refractivity contribution is -0.150. The van der Waals surface area contributed by atoms with Crippen LogP contribution in [-0.2, 0) is 19.1 Å². The van der Waals surface area contributed by atoms with Crippen LogP contribution < -0.4 is 9.47 Å². The number of rotatable bonds is 6. The molecule has 1 aromatic carbocycles. The number of methoxy groups -OCH3 is 2. The number of esters is 1. The highest BCUT2D eigenvalue weighted by Crippen LogP contribution is 2.46. The smallest absolute Gasteiger partial charge is 0.338 e. The van der Waals surface area contributed by atoms with E-state index in [-0.39, 0.29) is 12.3 Å². The van der Waals surface area contributed by atoms with Crippen molar-refractivity contribution < 1.29 is 28.5 Å². The summed E-state index contributed by atoms with van der Waals surface area (Å²) in [6, 6.07) is 5.02. The van der Waals surface area contributed by atoms with Crippen LogP contribution in [-0.4, -0.2) is 73.0 Å². The molecule has 3 aliphatic rings. The molecule has 0 aliphatic carbocycles. The van der Waals surface area contributed by atoms with Gasteiger partial charge in [-0.15, -0.1) is 0 Å². The number of nitrogens with zero attached hydrogens (tertiary/aromatic N) is 3. The Hall–Kier alpha value is -2.98. The predicted octanol–water partition coefficient (Wildman–Crippen LogP) is 3.87.